The number of nitrogens with zero attached hydrogens (tertiary/aromatic N) is 2. The average Bonchev–Trinajstić information content (AvgIpc) is 2.37. The number of rotatable bonds is 7. The van der Waals surface area contributed by atoms with Gasteiger partial charge in [-0.05, 0) is 40.1 Å². The van der Waals surface area contributed by atoms with Gasteiger partial charge in [-0.15, -0.1) is 0 Å². The molecule has 0 aliphatic carbocycles. The van der Waals surface area contributed by atoms with Gasteiger partial charge in [0.2, 0.25) is 10.0 Å². The van der Waals surface area contributed by atoms with E-state index in [0.717, 1.165) is 12.6 Å². The maximum absolute atomic E-state index is 12.1. The number of benzene rings is 1. The Balaban J connectivity index is 2.96. The largest absolute Gasteiger partial charge is 0.309 e. The first kappa shape index (κ1) is 17.8. The van der Waals surface area contributed by atoms with Crippen LogP contribution in [0.4, 0.5) is 5.69 Å². The zero-order valence-corrected chi connectivity index (χ0v) is 13.7. The predicted molar refractivity (Wildman–Crippen MR) is 81.2 cm³/mol. The van der Waals surface area contributed by atoms with Crippen molar-refractivity contribution in [2.45, 2.75) is 18.2 Å². The molecule has 0 aliphatic rings. The Morgan fingerprint density at radius 2 is 2.00 bits per heavy atom. The Hall–Kier alpha value is -1.22. The number of nitro groups is 1. The van der Waals surface area contributed by atoms with Gasteiger partial charge in [0.15, 0.2) is 0 Å². The SMILES string of the molecule is Cc1c(Cl)cc(S(=O)(=O)NCCCN(C)C)cc1[N+](=O)[O-]. The molecule has 1 aromatic rings. The summed E-state index contributed by atoms with van der Waals surface area (Å²) in [6, 6.07) is 2.24. The van der Waals surface area contributed by atoms with Crippen LogP contribution in [0.2, 0.25) is 5.02 Å². The molecule has 1 rings (SSSR count). The van der Waals surface area contributed by atoms with Gasteiger partial charge < -0.3 is 4.90 Å². The van der Waals surface area contributed by atoms with Crippen LogP contribution < -0.4 is 4.72 Å². The second kappa shape index (κ2) is 7.17. The van der Waals surface area contributed by atoms with E-state index >= 15 is 0 Å². The number of sulfonamides is 1. The van der Waals surface area contributed by atoms with Crippen LogP contribution >= 0.6 is 11.6 Å². The van der Waals surface area contributed by atoms with Crippen LogP contribution in [0.5, 0.6) is 0 Å². The Kier molecular flexibility index (Phi) is 6.09. The average molecular weight is 336 g/mol. The van der Waals surface area contributed by atoms with Gasteiger partial charge in [-0.3, -0.25) is 10.1 Å². The highest BCUT2D eigenvalue weighted by atomic mass is 35.5. The van der Waals surface area contributed by atoms with Gasteiger partial charge in [0.05, 0.1) is 14.8 Å². The van der Waals surface area contributed by atoms with Gasteiger partial charge in [-0.2, -0.15) is 0 Å². The summed E-state index contributed by atoms with van der Waals surface area (Å²) in [6.07, 6.45) is 0.633. The van der Waals surface area contributed by atoms with Gasteiger partial charge in [-0.25, -0.2) is 13.1 Å². The van der Waals surface area contributed by atoms with Crippen molar-refractivity contribution in [3.05, 3.63) is 32.8 Å². The number of nitro benzene ring substituents is 1. The molecule has 0 atom stereocenters. The highest BCUT2D eigenvalue weighted by Gasteiger charge is 2.22. The van der Waals surface area contributed by atoms with Gasteiger partial charge >= 0.3 is 0 Å². The van der Waals surface area contributed by atoms with E-state index < -0.39 is 14.9 Å². The fraction of sp³-hybridized carbons (Fsp3) is 0.500. The van der Waals surface area contributed by atoms with Crippen molar-refractivity contribution in [2.75, 3.05) is 27.2 Å². The molecule has 21 heavy (non-hydrogen) atoms. The molecule has 1 aromatic carbocycles. The van der Waals surface area contributed by atoms with Crippen LogP contribution in [0.3, 0.4) is 0 Å². The van der Waals surface area contributed by atoms with Crippen LogP contribution in [-0.2, 0) is 10.0 Å². The van der Waals surface area contributed by atoms with E-state index in [2.05, 4.69) is 4.72 Å². The Labute approximate surface area is 129 Å². The molecule has 9 heteroatoms. The fourth-order valence-electron chi connectivity index (χ4n) is 1.67. The van der Waals surface area contributed by atoms with Crippen LogP contribution in [0.1, 0.15) is 12.0 Å². The zero-order valence-electron chi connectivity index (χ0n) is 12.1. The molecule has 0 aliphatic heterocycles. The summed E-state index contributed by atoms with van der Waals surface area (Å²) in [6.45, 7) is 2.46. The number of hydrogen-bond acceptors (Lipinski definition) is 5. The van der Waals surface area contributed by atoms with Gasteiger partial charge in [0.25, 0.3) is 5.69 Å². The number of halogens is 1. The van der Waals surface area contributed by atoms with E-state index in [1.165, 1.54) is 13.0 Å². The standard InChI is InChI=1S/C12H18ClN3O4S/c1-9-11(13)7-10(8-12(9)16(17)18)21(19,20)14-5-4-6-15(2)3/h7-8,14H,4-6H2,1-3H3. The van der Waals surface area contributed by atoms with Gasteiger partial charge in [0.1, 0.15) is 0 Å². The van der Waals surface area contributed by atoms with E-state index in [-0.39, 0.29) is 27.7 Å². The first-order chi connectivity index (χ1) is 9.65. The van der Waals surface area contributed by atoms with E-state index in [1.807, 2.05) is 19.0 Å². The number of nitrogens with one attached hydrogen (secondary N) is 1. The van der Waals surface area contributed by atoms with Crippen LogP contribution in [0, 0.1) is 17.0 Å². The minimum Gasteiger partial charge on any atom is -0.309 e. The smallest absolute Gasteiger partial charge is 0.275 e. The lowest BCUT2D eigenvalue weighted by molar-refractivity contribution is -0.385. The molecule has 0 saturated carbocycles. The van der Waals surface area contributed by atoms with Gasteiger partial charge in [0, 0.05) is 18.2 Å². The van der Waals surface area contributed by atoms with Crippen molar-refractivity contribution in [3.63, 3.8) is 0 Å². The minimum atomic E-state index is -3.81. The van der Waals surface area contributed by atoms with Crippen molar-refractivity contribution >= 4 is 27.3 Å². The molecule has 0 radical (unpaired) electrons. The lowest BCUT2D eigenvalue weighted by atomic mass is 10.2. The summed E-state index contributed by atoms with van der Waals surface area (Å²) < 4.78 is 26.6. The van der Waals surface area contributed by atoms with Gasteiger partial charge in [-0.1, -0.05) is 11.6 Å². The second-order valence-corrected chi connectivity index (χ2v) is 7.04. The van der Waals surface area contributed by atoms with Crippen molar-refractivity contribution in [1.82, 2.24) is 9.62 Å². The van der Waals surface area contributed by atoms with E-state index in [9.17, 15) is 18.5 Å². The molecule has 0 bridgehead atoms. The second-order valence-electron chi connectivity index (χ2n) is 4.86. The Morgan fingerprint density at radius 1 is 1.38 bits per heavy atom. The maximum Gasteiger partial charge on any atom is 0.275 e. The molecule has 7 nitrogen and oxygen atoms in total. The molecular formula is C12H18ClN3O4S. The monoisotopic (exact) mass is 335 g/mol. The topological polar surface area (TPSA) is 92.6 Å². The summed E-state index contributed by atoms with van der Waals surface area (Å²) in [5, 5.41) is 11.0. The predicted octanol–water partition coefficient (Wildman–Crippen LogP) is 1.79. The maximum atomic E-state index is 12.1. The Bertz CT molecular complexity index is 632. The normalized spacial score (nSPS) is 11.9. The van der Waals surface area contributed by atoms with Crippen molar-refractivity contribution in [1.29, 1.82) is 0 Å². The quantitative estimate of drug-likeness (QED) is 0.466. The lowest BCUT2D eigenvalue weighted by Gasteiger charge is -2.11. The summed E-state index contributed by atoms with van der Waals surface area (Å²) in [5.41, 5.74) is -0.0654. The van der Waals surface area contributed by atoms with Crippen LogP contribution in [-0.4, -0.2) is 45.4 Å². The van der Waals surface area contributed by atoms with E-state index in [0.29, 0.717) is 6.42 Å². The highest BCUT2D eigenvalue weighted by molar-refractivity contribution is 7.89. The van der Waals surface area contributed by atoms with Crippen LogP contribution in [0.15, 0.2) is 17.0 Å². The van der Waals surface area contributed by atoms with Crippen molar-refractivity contribution < 1.29 is 13.3 Å². The summed E-state index contributed by atoms with van der Waals surface area (Å²) >= 11 is 5.87. The molecule has 0 fully saturated rings. The van der Waals surface area contributed by atoms with E-state index in [1.54, 1.807) is 0 Å². The van der Waals surface area contributed by atoms with Crippen molar-refractivity contribution in [2.24, 2.45) is 0 Å². The summed E-state index contributed by atoms with van der Waals surface area (Å²) in [7, 11) is -0.0379. The molecule has 0 aromatic heterocycles. The first-order valence-electron chi connectivity index (χ1n) is 6.24. The molecule has 0 saturated heterocycles. The molecule has 0 spiro atoms. The lowest BCUT2D eigenvalue weighted by Crippen LogP contribution is -2.27. The molecule has 118 valence electrons. The number of hydrogen-bond donors (Lipinski definition) is 1. The zero-order chi connectivity index (χ0) is 16.2. The minimum absolute atomic E-state index is 0.0536. The fourth-order valence-corrected chi connectivity index (χ4v) is 3.07. The third-order valence-corrected chi connectivity index (χ3v) is 4.70. The van der Waals surface area contributed by atoms with E-state index in [4.69, 9.17) is 11.6 Å². The molecular weight excluding hydrogens is 318 g/mol. The summed E-state index contributed by atoms with van der Waals surface area (Å²) in [4.78, 5) is 12.0. The third kappa shape index (κ3) is 4.92. The molecule has 0 heterocycles. The first-order valence-corrected chi connectivity index (χ1v) is 8.10. The Morgan fingerprint density at radius 3 is 2.52 bits per heavy atom. The summed E-state index contributed by atoms with van der Waals surface area (Å²) in [5.74, 6) is 0. The van der Waals surface area contributed by atoms with Crippen molar-refractivity contribution in [3.8, 4) is 0 Å². The molecule has 1 N–H and O–H groups in total. The molecule has 0 amide bonds. The third-order valence-electron chi connectivity index (χ3n) is 2.87. The highest BCUT2D eigenvalue weighted by Crippen LogP contribution is 2.29. The molecule has 0 unspecified atom stereocenters. The van der Waals surface area contributed by atoms with Crippen LogP contribution in [0.25, 0.3) is 0 Å².